The van der Waals surface area contributed by atoms with E-state index in [0.717, 1.165) is 5.56 Å². The van der Waals surface area contributed by atoms with Crippen LogP contribution in [0.2, 0.25) is 0 Å². The number of hydrogen-bond donors (Lipinski definition) is 2. The molecule has 2 N–H and O–H groups in total. The molecule has 0 spiro atoms. The van der Waals surface area contributed by atoms with Crippen molar-refractivity contribution in [3.05, 3.63) is 35.9 Å². The molecule has 3 rings (SSSR count). The molecule has 5 atom stereocenters. The van der Waals surface area contributed by atoms with Gasteiger partial charge in [-0.05, 0) is 23.8 Å². The number of carbonyl (C=O) groups is 2. The number of rotatable bonds is 6. The van der Waals surface area contributed by atoms with E-state index in [1.54, 1.807) is 18.2 Å². The minimum atomic E-state index is -1.23. The molecule has 8 heteroatoms. The Kier molecular flexibility index (Phi) is 6.02. The number of methoxy groups -OCH3 is 2. The Labute approximate surface area is 162 Å². The number of aliphatic hydroxyl groups is 1. The molecule has 2 fully saturated rings. The number of carbonyl (C=O) groups excluding carboxylic acids is 2. The van der Waals surface area contributed by atoms with Crippen LogP contribution >= 0.6 is 0 Å². The second kappa shape index (κ2) is 8.30. The van der Waals surface area contributed by atoms with Gasteiger partial charge < -0.3 is 29.2 Å². The highest BCUT2D eigenvalue weighted by Gasteiger charge is 2.62. The van der Waals surface area contributed by atoms with Crippen molar-refractivity contribution in [3.8, 4) is 5.75 Å². The third-order valence-electron chi connectivity index (χ3n) is 5.34. The molecule has 0 radical (unpaired) electrons. The van der Waals surface area contributed by atoms with Gasteiger partial charge in [0.15, 0.2) is 6.29 Å². The smallest absolute Gasteiger partial charge is 0.331 e. The van der Waals surface area contributed by atoms with Gasteiger partial charge in [0.2, 0.25) is 0 Å². The molecule has 1 aliphatic heterocycles. The number of benzene rings is 1. The van der Waals surface area contributed by atoms with Crippen LogP contribution in [0.4, 0.5) is 0 Å². The SMILES string of the molecule is COC(=O)C[C@@H]1[C@@H]2[C@@H](OC)OC[C@]2(O)C[C@@H]1OC(=O)/C=C\c1ccc(O)cc1. The summed E-state index contributed by atoms with van der Waals surface area (Å²) in [6.45, 7) is 0.0469. The first-order valence-corrected chi connectivity index (χ1v) is 8.97. The lowest BCUT2D eigenvalue weighted by Gasteiger charge is -2.27. The summed E-state index contributed by atoms with van der Waals surface area (Å²) in [7, 11) is 2.75. The minimum absolute atomic E-state index is 0.0215. The van der Waals surface area contributed by atoms with Crippen LogP contribution in [0.5, 0.6) is 5.75 Å². The summed E-state index contributed by atoms with van der Waals surface area (Å²) in [4.78, 5) is 24.2. The average Bonchev–Trinajstić information content (AvgIpc) is 3.13. The zero-order valence-corrected chi connectivity index (χ0v) is 15.7. The second-order valence-electron chi connectivity index (χ2n) is 7.09. The van der Waals surface area contributed by atoms with E-state index in [4.69, 9.17) is 18.9 Å². The molecule has 0 bridgehead atoms. The maximum atomic E-state index is 12.3. The standard InChI is InChI=1S/C20H24O8/c1-25-17(23)9-14-15(10-20(24)11-27-19(26-2)18(14)20)28-16(22)8-5-12-3-6-13(21)7-4-12/h3-8,14-15,18-19,21,24H,9-11H2,1-2H3/b8-5-/t14-,15-,18+,19-,20+/m0/s1. The van der Waals surface area contributed by atoms with Crippen LogP contribution in [-0.2, 0) is 28.5 Å². The zero-order valence-electron chi connectivity index (χ0n) is 15.7. The Bertz CT molecular complexity index is 743. The average molecular weight is 392 g/mol. The fourth-order valence-electron chi connectivity index (χ4n) is 4.02. The first-order chi connectivity index (χ1) is 13.4. The molecule has 28 heavy (non-hydrogen) atoms. The van der Waals surface area contributed by atoms with Gasteiger partial charge in [0.1, 0.15) is 11.9 Å². The number of ether oxygens (including phenoxy) is 4. The van der Waals surface area contributed by atoms with Gasteiger partial charge >= 0.3 is 11.9 Å². The highest BCUT2D eigenvalue weighted by Crippen LogP contribution is 2.50. The Morgan fingerprint density at radius 2 is 2.00 bits per heavy atom. The van der Waals surface area contributed by atoms with Gasteiger partial charge in [-0.2, -0.15) is 0 Å². The number of phenols is 1. The largest absolute Gasteiger partial charge is 0.508 e. The lowest BCUT2D eigenvalue weighted by molar-refractivity contribution is -0.158. The Balaban J connectivity index is 1.72. The summed E-state index contributed by atoms with van der Waals surface area (Å²) < 4.78 is 21.1. The van der Waals surface area contributed by atoms with Crippen molar-refractivity contribution in [3.63, 3.8) is 0 Å². The van der Waals surface area contributed by atoms with Crippen molar-refractivity contribution in [2.45, 2.75) is 30.8 Å². The summed E-state index contributed by atoms with van der Waals surface area (Å²) in [5.41, 5.74) is -0.513. The van der Waals surface area contributed by atoms with Gasteiger partial charge in [0, 0.05) is 31.4 Å². The molecule has 8 nitrogen and oxygen atoms in total. The number of aromatic hydroxyl groups is 1. The van der Waals surface area contributed by atoms with E-state index in [0.29, 0.717) is 0 Å². The molecule has 152 valence electrons. The monoisotopic (exact) mass is 392 g/mol. The first kappa shape index (κ1) is 20.3. The lowest BCUT2D eigenvalue weighted by atomic mass is 9.85. The van der Waals surface area contributed by atoms with Crippen LogP contribution in [0.25, 0.3) is 6.08 Å². The second-order valence-corrected chi connectivity index (χ2v) is 7.09. The molecule has 0 aromatic heterocycles. The van der Waals surface area contributed by atoms with Crippen LogP contribution in [0.1, 0.15) is 18.4 Å². The van der Waals surface area contributed by atoms with E-state index >= 15 is 0 Å². The van der Waals surface area contributed by atoms with Gasteiger partial charge in [-0.3, -0.25) is 4.79 Å². The van der Waals surface area contributed by atoms with Gasteiger partial charge in [-0.15, -0.1) is 0 Å². The van der Waals surface area contributed by atoms with Crippen molar-refractivity contribution in [2.75, 3.05) is 20.8 Å². The van der Waals surface area contributed by atoms with Gasteiger partial charge in [-0.25, -0.2) is 4.79 Å². The van der Waals surface area contributed by atoms with Gasteiger partial charge in [-0.1, -0.05) is 12.1 Å². The normalized spacial score (nSPS) is 31.7. The highest BCUT2D eigenvalue weighted by atomic mass is 16.7. The van der Waals surface area contributed by atoms with Crippen molar-refractivity contribution in [2.24, 2.45) is 11.8 Å². The number of fused-ring (bicyclic) bond motifs is 1. The Morgan fingerprint density at radius 1 is 1.29 bits per heavy atom. The topological polar surface area (TPSA) is 112 Å². The maximum absolute atomic E-state index is 12.3. The van der Waals surface area contributed by atoms with Crippen molar-refractivity contribution < 1.29 is 38.7 Å². The Morgan fingerprint density at radius 3 is 2.64 bits per heavy atom. The summed E-state index contributed by atoms with van der Waals surface area (Å²) >= 11 is 0. The number of esters is 2. The Hall–Kier alpha value is -2.42. The fraction of sp³-hybridized carbons (Fsp3) is 0.500. The third kappa shape index (κ3) is 4.19. The van der Waals surface area contributed by atoms with E-state index in [1.807, 2.05) is 0 Å². The lowest BCUT2D eigenvalue weighted by Crippen LogP contribution is -2.38. The molecule has 1 saturated carbocycles. The fourth-order valence-corrected chi connectivity index (χ4v) is 4.02. The maximum Gasteiger partial charge on any atom is 0.331 e. The predicted octanol–water partition coefficient (Wildman–Crippen LogP) is 1.25. The molecule has 0 amide bonds. The predicted molar refractivity (Wildman–Crippen MR) is 96.9 cm³/mol. The molecule has 1 heterocycles. The van der Waals surface area contributed by atoms with Crippen molar-refractivity contribution in [1.82, 2.24) is 0 Å². The minimum Gasteiger partial charge on any atom is -0.508 e. The van der Waals surface area contributed by atoms with E-state index in [1.165, 1.54) is 32.4 Å². The summed E-state index contributed by atoms with van der Waals surface area (Å²) in [5, 5.41) is 20.2. The van der Waals surface area contributed by atoms with Crippen LogP contribution in [0.15, 0.2) is 30.3 Å². The van der Waals surface area contributed by atoms with Gasteiger partial charge in [0.25, 0.3) is 0 Å². The van der Waals surface area contributed by atoms with E-state index in [9.17, 15) is 19.8 Å². The number of phenolic OH excluding ortho intramolecular Hbond substituents is 1. The van der Waals surface area contributed by atoms with Crippen LogP contribution in [0.3, 0.4) is 0 Å². The third-order valence-corrected chi connectivity index (χ3v) is 5.34. The van der Waals surface area contributed by atoms with Crippen molar-refractivity contribution >= 4 is 18.0 Å². The van der Waals surface area contributed by atoms with E-state index < -0.39 is 41.8 Å². The highest BCUT2D eigenvalue weighted by molar-refractivity contribution is 5.87. The summed E-state index contributed by atoms with van der Waals surface area (Å²) in [5.74, 6) is -1.92. The van der Waals surface area contributed by atoms with Crippen molar-refractivity contribution in [1.29, 1.82) is 0 Å². The number of hydrogen-bond acceptors (Lipinski definition) is 8. The molecule has 2 aliphatic rings. The molecular formula is C20H24O8. The quantitative estimate of drug-likeness (QED) is 0.550. The van der Waals surface area contributed by atoms with E-state index in [2.05, 4.69) is 0 Å². The molecule has 1 aromatic rings. The molecule has 1 aliphatic carbocycles. The molecule has 1 saturated heterocycles. The molecule has 1 aromatic carbocycles. The van der Waals surface area contributed by atoms with Crippen LogP contribution in [0, 0.1) is 11.8 Å². The molecule has 0 unspecified atom stereocenters. The summed E-state index contributed by atoms with van der Waals surface area (Å²) in [6.07, 6.45) is 1.60. The summed E-state index contributed by atoms with van der Waals surface area (Å²) in [6, 6.07) is 6.33. The molecular weight excluding hydrogens is 368 g/mol. The zero-order chi connectivity index (χ0) is 20.3. The van der Waals surface area contributed by atoms with Gasteiger partial charge in [0.05, 0.1) is 25.7 Å². The van der Waals surface area contributed by atoms with Crippen LogP contribution < -0.4 is 0 Å². The van der Waals surface area contributed by atoms with E-state index in [-0.39, 0.29) is 25.2 Å². The van der Waals surface area contributed by atoms with Crippen LogP contribution in [-0.4, -0.2) is 61.0 Å². The first-order valence-electron chi connectivity index (χ1n) is 8.97.